The molecule has 0 unspecified atom stereocenters. The monoisotopic (exact) mass is 390 g/mol. The minimum Gasteiger partial charge on any atom is -0.497 e. The number of carbonyl (C=O) groups excluding carboxylic acids is 1. The van der Waals surface area contributed by atoms with E-state index in [9.17, 15) is 4.79 Å². The molecule has 0 saturated heterocycles. The molecule has 0 atom stereocenters. The van der Waals surface area contributed by atoms with Gasteiger partial charge in [0.15, 0.2) is 11.5 Å². The minimum atomic E-state index is -0.355. The van der Waals surface area contributed by atoms with Gasteiger partial charge in [-0.25, -0.2) is 0 Å². The van der Waals surface area contributed by atoms with Gasteiger partial charge in [-0.1, -0.05) is 18.2 Å². The largest absolute Gasteiger partial charge is 0.497 e. The van der Waals surface area contributed by atoms with Crippen LogP contribution in [0.25, 0.3) is 0 Å². The van der Waals surface area contributed by atoms with E-state index >= 15 is 0 Å². The number of para-hydroxylation sites is 1. The molecule has 0 fully saturated rings. The fourth-order valence-electron chi connectivity index (χ4n) is 3.45. The van der Waals surface area contributed by atoms with Crippen molar-refractivity contribution in [3.63, 3.8) is 0 Å². The van der Waals surface area contributed by atoms with Crippen molar-refractivity contribution in [3.8, 4) is 11.5 Å². The van der Waals surface area contributed by atoms with E-state index in [1.54, 1.807) is 31.4 Å². The number of methoxy groups -OCH3 is 2. The molecular weight excluding hydrogens is 368 g/mol. The van der Waals surface area contributed by atoms with Crippen molar-refractivity contribution in [1.82, 2.24) is 10.2 Å². The van der Waals surface area contributed by atoms with Crippen LogP contribution in [-0.4, -0.2) is 36.9 Å². The van der Waals surface area contributed by atoms with Crippen molar-refractivity contribution >= 4 is 23.1 Å². The van der Waals surface area contributed by atoms with E-state index in [1.807, 2.05) is 12.1 Å². The van der Waals surface area contributed by atoms with Crippen LogP contribution < -0.4 is 19.7 Å². The second kappa shape index (κ2) is 8.18. The number of anilines is 3. The fraction of sp³-hybridized carbons (Fsp3) is 0.227. The van der Waals surface area contributed by atoms with E-state index in [2.05, 4.69) is 38.6 Å². The minimum absolute atomic E-state index is 0.233. The summed E-state index contributed by atoms with van der Waals surface area (Å²) in [6.07, 6.45) is 2.11. The number of benzene rings is 2. The Morgan fingerprint density at radius 2 is 1.90 bits per heavy atom. The molecule has 1 aliphatic rings. The van der Waals surface area contributed by atoms with Gasteiger partial charge in [0.05, 0.1) is 19.9 Å². The first-order valence-electron chi connectivity index (χ1n) is 9.42. The lowest BCUT2D eigenvalue weighted by Gasteiger charge is -2.29. The van der Waals surface area contributed by atoms with Crippen molar-refractivity contribution in [3.05, 3.63) is 65.9 Å². The zero-order valence-electron chi connectivity index (χ0n) is 16.4. The standard InChI is InChI=1S/C22H22N4O3/c1-28-16-9-10-17(20(14-16)29-2)23-22(27)18-11-12-21(25-24-18)26-13-5-7-15-6-3-4-8-19(15)26/h3-4,6,8-12,14H,5,7,13H2,1-2H3,(H,23,27). The van der Waals surface area contributed by atoms with Crippen molar-refractivity contribution < 1.29 is 14.3 Å². The molecule has 148 valence electrons. The number of nitrogens with zero attached hydrogens (tertiary/aromatic N) is 3. The highest BCUT2D eigenvalue weighted by Crippen LogP contribution is 2.32. The molecule has 2 aromatic carbocycles. The van der Waals surface area contributed by atoms with Gasteiger partial charge >= 0.3 is 0 Å². The van der Waals surface area contributed by atoms with Crippen LogP contribution in [0.3, 0.4) is 0 Å². The quantitative estimate of drug-likeness (QED) is 0.714. The predicted octanol–water partition coefficient (Wildman–Crippen LogP) is 3.83. The first-order chi connectivity index (χ1) is 14.2. The van der Waals surface area contributed by atoms with E-state index in [1.165, 1.54) is 12.7 Å². The lowest BCUT2D eigenvalue weighted by molar-refractivity contribution is 0.102. The van der Waals surface area contributed by atoms with E-state index in [4.69, 9.17) is 9.47 Å². The van der Waals surface area contributed by atoms with E-state index in [-0.39, 0.29) is 11.6 Å². The highest BCUT2D eigenvalue weighted by molar-refractivity contribution is 6.03. The number of fused-ring (bicyclic) bond motifs is 1. The number of rotatable bonds is 5. The number of nitrogens with one attached hydrogen (secondary N) is 1. The summed E-state index contributed by atoms with van der Waals surface area (Å²) in [6, 6.07) is 17.0. The van der Waals surface area contributed by atoms with Gasteiger partial charge in [-0.2, -0.15) is 0 Å². The summed E-state index contributed by atoms with van der Waals surface area (Å²) in [6.45, 7) is 0.875. The topological polar surface area (TPSA) is 76.6 Å². The maximum Gasteiger partial charge on any atom is 0.276 e. The predicted molar refractivity (Wildman–Crippen MR) is 111 cm³/mol. The Bertz CT molecular complexity index is 1020. The van der Waals surface area contributed by atoms with E-state index < -0.39 is 0 Å². The normalized spacial score (nSPS) is 12.8. The van der Waals surface area contributed by atoms with Crippen LogP contribution in [0.5, 0.6) is 11.5 Å². The molecule has 4 rings (SSSR count). The molecule has 0 aliphatic carbocycles. The Morgan fingerprint density at radius 1 is 1.03 bits per heavy atom. The number of ether oxygens (including phenoxy) is 2. The van der Waals surface area contributed by atoms with Gasteiger partial charge in [0.1, 0.15) is 11.5 Å². The molecule has 7 nitrogen and oxygen atoms in total. The summed E-state index contributed by atoms with van der Waals surface area (Å²) in [5.41, 5.74) is 3.22. The van der Waals surface area contributed by atoms with Crippen LogP contribution in [0.1, 0.15) is 22.5 Å². The number of aryl methyl sites for hydroxylation is 1. The van der Waals surface area contributed by atoms with Crippen LogP contribution in [-0.2, 0) is 6.42 Å². The van der Waals surface area contributed by atoms with Gasteiger partial charge < -0.3 is 19.7 Å². The first-order valence-corrected chi connectivity index (χ1v) is 9.42. The van der Waals surface area contributed by atoms with Crippen LogP contribution in [0.4, 0.5) is 17.2 Å². The molecule has 1 aromatic heterocycles. The second-order valence-electron chi connectivity index (χ2n) is 6.68. The highest BCUT2D eigenvalue weighted by Gasteiger charge is 2.20. The van der Waals surface area contributed by atoms with Crippen molar-refractivity contribution in [2.75, 3.05) is 31.0 Å². The molecule has 1 aliphatic heterocycles. The van der Waals surface area contributed by atoms with Crippen molar-refractivity contribution in [1.29, 1.82) is 0 Å². The Balaban J connectivity index is 1.52. The SMILES string of the molecule is COc1ccc(NC(=O)c2ccc(N3CCCc4ccccc43)nn2)c(OC)c1. The van der Waals surface area contributed by atoms with Gasteiger partial charge in [0.2, 0.25) is 0 Å². The van der Waals surface area contributed by atoms with E-state index in [0.717, 1.165) is 30.9 Å². The third-order valence-electron chi connectivity index (χ3n) is 4.93. The molecule has 1 N–H and O–H groups in total. The third-order valence-corrected chi connectivity index (χ3v) is 4.93. The molecule has 0 bridgehead atoms. The molecule has 2 heterocycles. The fourth-order valence-corrected chi connectivity index (χ4v) is 3.45. The molecule has 0 spiro atoms. The van der Waals surface area contributed by atoms with Gasteiger partial charge in [-0.3, -0.25) is 4.79 Å². The van der Waals surface area contributed by atoms with Crippen molar-refractivity contribution in [2.45, 2.75) is 12.8 Å². The van der Waals surface area contributed by atoms with Crippen LogP contribution in [0, 0.1) is 0 Å². The van der Waals surface area contributed by atoms with Crippen LogP contribution >= 0.6 is 0 Å². The highest BCUT2D eigenvalue weighted by atomic mass is 16.5. The molecule has 1 amide bonds. The number of hydrogen-bond acceptors (Lipinski definition) is 6. The summed E-state index contributed by atoms with van der Waals surface area (Å²) in [4.78, 5) is 14.7. The first kappa shape index (κ1) is 18.7. The smallest absolute Gasteiger partial charge is 0.276 e. The number of carbonyl (C=O) groups is 1. The third kappa shape index (κ3) is 3.85. The lowest BCUT2D eigenvalue weighted by atomic mass is 10.0. The Hall–Kier alpha value is -3.61. The Morgan fingerprint density at radius 3 is 2.66 bits per heavy atom. The zero-order valence-corrected chi connectivity index (χ0v) is 16.4. The lowest BCUT2D eigenvalue weighted by Crippen LogP contribution is -2.26. The average Bonchev–Trinajstić information content (AvgIpc) is 2.79. The zero-order chi connectivity index (χ0) is 20.2. The summed E-state index contributed by atoms with van der Waals surface area (Å²) < 4.78 is 10.5. The number of hydrogen-bond donors (Lipinski definition) is 1. The van der Waals surface area contributed by atoms with E-state index in [0.29, 0.717) is 17.2 Å². The summed E-state index contributed by atoms with van der Waals surface area (Å²) >= 11 is 0. The van der Waals surface area contributed by atoms with Gasteiger partial charge in [-0.15, -0.1) is 10.2 Å². The molecule has 0 saturated carbocycles. The maximum atomic E-state index is 12.6. The van der Waals surface area contributed by atoms with Gasteiger partial charge in [-0.05, 0) is 48.7 Å². The van der Waals surface area contributed by atoms with Crippen LogP contribution in [0.2, 0.25) is 0 Å². The Labute approximate surface area is 169 Å². The van der Waals surface area contributed by atoms with Gasteiger partial charge in [0, 0.05) is 18.3 Å². The molecular formula is C22H22N4O3. The maximum absolute atomic E-state index is 12.6. The number of amides is 1. The van der Waals surface area contributed by atoms with Crippen molar-refractivity contribution in [2.24, 2.45) is 0 Å². The molecule has 3 aromatic rings. The average molecular weight is 390 g/mol. The molecule has 0 radical (unpaired) electrons. The summed E-state index contributed by atoms with van der Waals surface area (Å²) in [5, 5.41) is 11.2. The molecule has 29 heavy (non-hydrogen) atoms. The molecule has 7 heteroatoms. The van der Waals surface area contributed by atoms with Gasteiger partial charge in [0.25, 0.3) is 5.91 Å². The Kier molecular flexibility index (Phi) is 5.29. The summed E-state index contributed by atoms with van der Waals surface area (Å²) in [5.74, 6) is 1.53. The second-order valence-corrected chi connectivity index (χ2v) is 6.68. The number of aromatic nitrogens is 2. The summed E-state index contributed by atoms with van der Waals surface area (Å²) in [7, 11) is 3.11. The van der Waals surface area contributed by atoms with Crippen LogP contribution in [0.15, 0.2) is 54.6 Å².